The second-order valence-corrected chi connectivity index (χ2v) is 6.11. The summed E-state index contributed by atoms with van der Waals surface area (Å²) in [5.74, 6) is 0.818. The van der Waals surface area contributed by atoms with Crippen molar-refractivity contribution in [3.8, 4) is 0 Å². The van der Waals surface area contributed by atoms with Crippen LogP contribution in [0.4, 0.5) is 0 Å². The number of ether oxygens (including phenoxy) is 1. The van der Waals surface area contributed by atoms with Crippen molar-refractivity contribution < 1.29 is 17.6 Å². The minimum atomic E-state index is -3.25. The van der Waals surface area contributed by atoms with E-state index in [4.69, 9.17) is 9.15 Å². The van der Waals surface area contributed by atoms with Crippen LogP contribution in [0.15, 0.2) is 22.8 Å². The third kappa shape index (κ3) is 4.89. The van der Waals surface area contributed by atoms with Crippen molar-refractivity contribution in [3.05, 3.63) is 24.2 Å². The molecule has 1 aromatic heterocycles. The molecule has 5 nitrogen and oxygen atoms in total. The van der Waals surface area contributed by atoms with Gasteiger partial charge >= 0.3 is 0 Å². The van der Waals surface area contributed by atoms with E-state index >= 15 is 0 Å². The molecular weight excluding hydrogens is 242 g/mol. The zero-order valence-electron chi connectivity index (χ0n) is 10.3. The van der Waals surface area contributed by atoms with E-state index in [0.717, 1.165) is 0 Å². The van der Waals surface area contributed by atoms with Crippen LogP contribution in [0.1, 0.15) is 25.7 Å². The van der Waals surface area contributed by atoms with Gasteiger partial charge in [0.2, 0.25) is 10.0 Å². The Labute approximate surface area is 102 Å². The second-order valence-electron chi connectivity index (χ2n) is 4.26. The Kier molecular flexibility index (Phi) is 5.17. The predicted octanol–water partition coefficient (Wildman–Crippen LogP) is 1.54. The Morgan fingerprint density at radius 1 is 1.47 bits per heavy atom. The molecule has 0 saturated heterocycles. The highest BCUT2D eigenvalue weighted by Gasteiger charge is 2.18. The standard InChI is InChI=1S/C11H19NO4S/c1-9(2)8-17(13,14)12-7-11(15-3)10-5-4-6-16-10/h4-6,9,11-12H,7-8H2,1-3H3/t11-/m0/s1. The third-order valence-electron chi connectivity index (χ3n) is 2.19. The van der Waals surface area contributed by atoms with Gasteiger partial charge in [0.25, 0.3) is 0 Å². The number of furan rings is 1. The highest BCUT2D eigenvalue weighted by molar-refractivity contribution is 7.89. The van der Waals surface area contributed by atoms with Crippen molar-refractivity contribution in [1.82, 2.24) is 4.72 Å². The summed E-state index contributed by atoms with van der Waals surface area (Å²) in [5.41, 5.74) is 0. The van der Waals surface area contributed by atoms with Gasteiger partial charge < -0.3 is 9.15 Å². The molecule has 0 aliphatic heterocycles. The van der Waals surface area contributed by atoms with Crippen LogP contribution in [-0.2, 0) is 14.8 Å². The predicted molar refractivity (Wildman–Crippen MR) is 65.1 cm³/mol. The molecule has 1 heterocycles. The molecule has 17 heavy (non-hydrogen) atoms. The fourth-order valence-corrected chi connectivity index (χ4v) is 2.88. The molecule has 0 radical (unpaired) electrons. The van der Waals surface area contributed by atoms with Crippen molar-refractivity contribution in [1.29, 1.82) is 0 Å². The van der Waals surface area contributed by atoms with E-state index in [1.165, 1.54) is 13.4 Å². The van der Waals surface area contributed by atoms with Gasteiger partial charge in [0.05, 0.1) is 12.0 Å². The normalized spacial score (nSPS) is 14.1. The average Bonchev–Trinajstić information content (AvgIpc) is 2.69. The third-order valence-corrected chi connectivity index (χ3v) is 3.90. The molecule has 0 aliphatic rings. The van der Waals surface area contributed by atoms with Gasteiger partial charge in [-0.3, -0.25) is 0 Å². The largest absolute Gasteiger partial charge is 0.467 e. The van der Waals surface area contributed by atoms with E-state index in [-0.39, 0.29) is 18.2 Å². The molecule has 0 amide bonds. The fraction of sp³-hybridized carbons (Fsp3) is 0.636. The highest BCUT2D eigenvalue weighted by atomic mass is 32.2. The van der Waals surface area contributed by atoms with Crippen LogP contribution in [0.2, 0.25) is 0 Å². The first-order valence-corrected chi connectivity index (χ1v) is 7.13. The second kappa shape index (κ2) is 6.18. The quantitative estimate of drug-likeness (QED) is 0.808. The molecule has 6 heteroatoms. The van der Waals surface area contributed by atoms with Gasteiger partial charge in [-0.2, -0.15) is 0 Å². The highest BCUT2D eigenvalue weighted by Crippen LogP contribution is 2.16. The number of hydrogen-bond donors (Lipinski definition) is 1. The van der Waals surface area contributed by atoms with Crippen molar-refractivity contribution >= 4 is 10.0 Å². The van der Waals surface area contributed by atoms with Crippen LogP contribution in [0, 0.1) is 5.92 Å². The van der Waals surface area contributed by atoms with Gasteiger partial charge in [-0.05, 0) is 18.1 Å². The Bertz CT molecular complexity index is 411. The molecule has 0 aliphatic carbocycles. The minimum absolute atomic E-state index is 0.0945. The van der Waals surface area contributed by atoms with Crippen LogP contribution in [0.5, 0.6) is 0 Å². The van der Waals surface area contributed by atoms with Crippen molar-refractivity contribution in [2.24, 2.45) is 5.92 Å². The lowest BCUT2D eigenvalue weighted by Gasteiger charge is -2.14. The monoisotopic (exact) mass is 261 g/mol. The molecule has 0 spiro atoms. The topological polar surface area (TPSA) is 68.5 Å². The van der Waals surface area contributed by atoms with Crippen molar-refractivity contribution in [3.63, 3.8) is 0 Å². The summed E-state index contributed by atoms with van der Waals surface area (Å²) in [6.07, 6.45) is 1.14. The first kappa shape index (κ1) is 14.2. The summed E-state index contributed by atoms with van der Waals surface area (Å²) >= 11 is 0. The molecule has 1 aromatic rings. The lowest BCUT2D eigenvalue weighted by Crippen LogP contribution is -2.32. The van der Waals surface area contributed by atoms with Gasteiger partial charge in [0.15, 0.2) is 0 Å². The van der Waals surface area contributed by atoms with Crippen LogP contribution >= 0.6 is 0 Å². The molecule has 0 bridgehead atoms. The first-order valence-electron chi connectivity index (χ1n) is 5.48. The van der Waals surface area contributed by atoms with Crippen molar-refractivity contribution in [2.75, 3.05) is 19.4 Å². The Balaban J connectivity index is 2.54. The van der Waals surface area contributed by atoms with E-state index in [0.29, 0.717) is 5.76 Å². The summed E-state index contributed by atoms with van der Waals surface area (Å²) in [4.78, 5) is 0. The zero-order valence-corrected chi connectivity index (χ0v) is 11.2. The van der Waals surface area contributed by atoms with Gasteiger partial charge in [0.1, 0.15) is 11.9 Å². The maximum atomic E-state index is 11.6. The number of methoxy groups -OCH3 is 1. The summed E-state index contributed by atoms with van der Waals surface area (Å²) in [7, 11) is -1.73. The molecule has 0 unspecified atom stereocenters. The Morgan fingerprint density at radius 2 is 2.18 bits per heavy atom. The Hall–Kier alpha value is -0.850. The number of nitrogens with one attached hydrogen (secondary N) is 1. The van der Waals surface area contributed by atoms with Crippen LogP contribution in [0.25, 0.3) is 0 Å². The summed E-state index contributed by atoms with van der Waals surface area (Å²) in [5, 5.41) is 0. The van der Waals surface area contributed by atoms with E-state index in [1.807, 2.05) is 13.8 Å². The number of hydrogen-bond acceptors (Lipinski definition) is 4. The van der Waals surface area contributed by atoms with Crippen molar-refractivity contribution in [2.45, 2.75) is 20.0 Å². The smallest absolute Gasteiger partial charge is 0.211 e. The summed E-state index contributed by atoms with van der Waals surface area (Å²) < 4.78 is 36.1. The van der Waals surface area contributed by atoms with Crippen LogP contribution < -0.4 is 4.72 Å². The van der Waals surface area contributed by atoms with Crippen LogP contribution in [0.3, 0.4) is 0 Å². The number of sulfonamides is 1. The number of rotatable bonds is 7. The van der Waals surface area contributed by atoms with Crippen LogP contribution in [-0.4, -0.2) is 27.8 Å². The van der Waals surface area contributed by atoms with Gasteiger partial charge in [0, 0.05) is 13.7 Å². The van der Waals surface area contributed by atoms with Gasteiger partial charge in [-0.25, -0.2) is 13.1 Å². The van der Waals surface area contributed by atoms with E-state index in [1.54, 1.807) is 12.1 Å². The maximum absolute atomic E-state index is 11.6. The zero-order chi connectivity index (χ0) is 12.9. The average molecular weight is 261 g/mol. The Morgan fingerprint density at radius 3 is 2.65 bits per heavy atom. The van der Waals surface area contributed by atoms with E-state index in [2.05, 4.69) is 4.72 Å². The fourth-order valence-electron chi connectivity index (χ4n) is 1.47. The molecule has 1 rings (SSSR count). The van der Waals surface area contributed by atoms with Gasteiger partial charge in [-0.15, -0.1) is 0 Å². The first-order chi connectivity index (χ1) is 7.94. The van der Waals surface area contributed by atoms with Gasteiger partial charge in [-0.1, -0.05) is 13.8 Å². The molecule has 1 atom stereocenters. The lowest BCUT2D eigenvalue weighted by atomic mass is 10.3. The summed E-state index contributed by atoms with van der Waals surface area (Å²) in [6, 6.07) is 3.49. The SMILES string of the molecule is CO[C@@H](CNS(=O)(=O)CC(C)C)c1ccco1. The molecule has 0 fully saturated rings. The molecule has 0 aromatic carbocycles. The molecule has 98 valence electrons. The van der Waals surface area contributed by atoms with E-state index < -0.39 is 16.1 Å². The van der Waals surface area contributed by atoms with E-state index in [9.17, 15) is 8.42 Å². The summed E-state index contributed by atoms with van der Waals surface area (Å²) in [6.45, 7) is 3.90. The lowest BCUT2D eigenvalue weighted by molar-refractivity contribution is 0.0878. The molecule has 1 N–H and O–H groups in total. The maximum Gasteiger partial charge on any atom is 0.211 e. The minimum Gasteiger partial charge on any atom is -0.467 e. The molecule has 0 saturated carbocycles. The molecular formula is C11H19NO4S.